The van der Waals surface area contributed by atoms with Gasteiger partial charge in [-0.05, 0) is 48.7 Å². The van der Waals surface area contributed by atoms with Gasteiger partial charge < -0.3 is 0 Å². The third-order valence-corrected chi connectivity index (χ3v) is 3.65. The molecule has 0 atom stereocenters. The number of rotatable bonds is 1. The highest BCUT2D eigenvalue weighted by atomic mass is 19.1. The summed E-state index contributed by atoms with van der Waals surface area (Å²) in [6, 6.07) is 11.1. The van der Waals surface area contributed by atoms with Crippen LogP contribution >= 0.6 is 0 Å². The third kappa shape index (κ3) is 1.95. The van der Waals surface area contributed by atoms with E-state index < -0.39 is 0 Å². The molecule has 3 aromatic rings. The summed E-state index contributed by atoms with van der Waals surface area (Å²) in [4.78, 5) is 4.50. The van der Waals surface area contributed by atoms with E-state index in [1.807, 2.05) is 37.0 Å². The van der Waals surface area contributed by atoms with Crippen molar-refractivity contribution in [2.75, 3.05) is 0 Å². The molecular weight excluding hydrogens is 251 g/mol. The lowest BCUT2D eigenvalue weighted by Crippen LogP contribution is -2.32. The second-order valence-electron chi connectivity index (χ2n) is 5.13. The number of aromatic nitrogens is 2. The van der Waals surface area contributed by atoms with Crippen molar-refractivity contribution in [3.8, 4) is 11.3 Å². The van der Waals surface area contributed by atoms with Crippen LogP contribution < -0.4 is 4.57 Å². The summed E-state index contributed by atoms with van der Waals surface area (Å²) in [7, 11) is 1.97. The van der Waals surface area contributed by atoms with Crippen LogP contribution in [0.2, 0.25) is 0 Å². The van der Waals surface area contributed by atoms with E-state index in [0.29, 0.717) is 0 Å². The largest absolute Gasteiger partial charge is 0.287 e. The Morgan fingerprint density at radius 1 is 1.05 bits per heavy atom. The predicted octanol–water partition coefficient (Wildman–Crippen LogP) is 3.48. The molecular formula is C17H16FN2+. The number of aryl methyl sites for hydroxylation is 3. The molecule has 20 heavy (non-hydrogen) atoms. The van der Waals surface area contributed by atoms with Gasteiger partial charge in [0.05, 0.1) is 12.4 Å². The molecule has 0 saturated carbocycles. The molecule has 0 aliphatic heterocycles. The fourth-order valence-electron chi connectivity index (χ4n) is 2.64. The molecule has 3 rings (SSSR count). The zero-order valence-electron chi connectivity index (χ0n) is 11.8. The molecule has 0 unspecified atom stereocenters. The molecule has 0 amide bonds. The highest BCUT2D eigenvalue weighted by Crippen LogP contribution is 2.28. The first kappa shape index (κ1) is 12.7. The Labute approximate surface area is 117 Å². The van der Waals surface area contributed by atoms with E-state index in [-0.39, 0.29) is 5.82 Å². The van der Waals surface area contributed by atoms with Gasteiger partial charge in [-0.25, -0.2) is 8.96 Å². The molecule has 1 aromatic heterocycles. The van der Waals surface area contributed by atoms with E-state index in [0.717, 1.165) is 33.3 Å². The molecule has 0 aliphatic rings. The molecule has 0 N–H and O–H groups in total. The van der Waals surface area contributed by atoms with Crippen LogP contribution in [-0.4, -0.2) is 4.98 Å². The average molecular weight is 267 g/mol. The monoisotopic (exact) mass is 267 g/mol. The van der Waals surface area contributed by atoms with E-state index in [1.165, 1.54) is 6.07 Å². The maximum absolute atomic E-state index is 13.3. The fourth-order valence-corrected chi connectivity index (χ4v) is 2.64. The van der Waals surface area contributed by atoms with Crippen molar-refractivity contribution >= 4 is 10.9 Å². The summed E-state index contributed by atoms with van der Waals surface area (Å²) >= 11 is 0. The molecule has 2 aromatic carbocycles. The van der Waals surface area contributed by atoms with E-state index in [2.05, 4.69) is 24.0 Å². The minimum atomic E-state index is -0.205. The molecule has 2 nitrogen and oxygen atoms in total. The molecule has 100 valence electrons. The summed E-state index contributed by atoms with van der Waals surface area (Å²) in [6.07, 6.45) is 1.81. The molecule has 1 heterocycles. The minimum absolute atomic E-state index is 0.205. The van der Waals surface area contributed by atoms with Crippen LogP contribution in [0.25, 0.3) is 22.2 Å². The molecule has 0 aliphatic carbocycles. The fraction of sp³-hybridized carbons (Fsp3) is 0.176. The van der Waals surface area contributed by atoms with Gasteiger partial charge >= 0.3 is 0 Å². The number of benzene rings is 2. The Kier molecular flexibility index (Phi) is 2.97. The summed E-state index contributed by atoms with van der Waals surface area (Å²) in [6.45, 7) is 3.98. The van der Waals surface area contributed by atoms with Crippen molar-refractivity contribution in [3.05, 3.63) is 59.7 Å². The maximum Gasteiger partial charge on any atom is 0.287 e. The van der Waals surface area contributed by atoms with Gasteiger partial charge in [-0.15, -0.1) is 0 Å². The number of fused-ring (bicyclic) bond motifs is 1. The second-order valence-corrected chi connectivity index (χ2v) is 5.13. The standard InChI is InChI=1S/C17H16FN2/c1-11-5-4-6-15-16(11)19-10-20(3)17(15)14-8-7-13(18)9-12(14)2/h4-10H,1-3H3/q+1. The third-order valence-electron chi connectivity index (χ3n) is 3.65. The second kappa shape index (κ2) is 4.67. The van der Waals surface area contributed by atoms with Crippen molar-refractivity contribution in [2.45, 2.75) is 13.8 Å². The highest BCUT2D eigenvalue weighted by molar-refractivity contribution is 5.92. The van der Waals surface area contributed by atoms with Crippen molar-refractivity contribution in [3.63, 3.8) is 0 Å². The molecule has 0 spiro atoms. The Hall–Kier alpha value is -2.29. The minimum Gasteiger partial charge on any atom is -0.232 e. The normalized spacial score (nSPS) is 11.0. The first-order valence-corrected chi connectivity index (χ1v) is 6.58. The van der Waals surface area contributed by atoms with Crippen LogP contribution in [0.3, 0.4) is 0 Å². The first-order valence-electron chi connectivity index (χ1n) is 6.58. The van der Waals surface area contributed by atoms with Gasteiger partial charge in [-0.1, -0.05) is 12.1 Å². The summed E-state index contributed by atoms with van der Waals surface area (Å²) in [5.74, 6) is -0.205. The van der Waals surface area contributed by atoms with Crippen LogP contribution in [0.1, 0.15) is 11.1 Å². The van der Waals surface area contributed by atoms with Gasteiger partial charge in [0.2, 0.25) is 0 Å². The van der Waals surface area contributed by atoms with Gasteiger partial charge in [0, 0.05) is 11.1 Å². The van der Waals surface area contributed by atoms with Crippen molar-refractivity contribution < 1.29 is 8.96 Å². The highest BCUT2D eigenvalue weighted by Gasteiger charge is 2.17. The van der Waals surface area contributed by atoms with E-state index in [9.17, 15) is 4.39 Å². The lowest BCUT2D eigenvalue weighted by molar-refractivity contribution is -0.662. The Morgan fingerprint density at radius 3 is 2.60 bits per heavy atom. The number of para-hydroxylation sites is 1. The van der Waals surface area contributed by atoms with Crippen molar-refractivity contribution in [1.82, 2.24) is 4.98 Å². The Balaban J connectivity index is 2.41. The van der Waals surface area contributed by atoms with E-state index in [1.54, 1.807) is 6.07 Å². The predicted molar refractivity (Wildman–Crippen MR) is 77.8 cm³/mol. The smallest absolute Gasteiger partial charge is 0.232 e. The van der Waals surface area contributed by atoms with Crippen LogP contribution in [0, 0.1) is 19.7 Å². The maximum atomic E-state index is 13.3. The van der Waals surface area contributed by atoms with Crippen LogP contribution in [-0.2, 0) is 7.05 Å². The zero-order valence-corrected chi connectivity index (χ0v) is 11.8. The Morgan fingerprint density at radius 2 is 1.85 bits per heavy atom. The van der Waals surface area contributed by atoms with Crippen LogP contribution in [0.5, 0.6) is 0 Å². The lowest BCUT2D eigenvalue weighted by atomic mass is 10.00. The SMILES string of the molecule is Cc1cc(F)ccc1-c1c2cccc(C)c2nc[n+]1C. The lowest BCUT2D eigenvalue weighted by Gasteiger charge is -2.09. The number of halogens is 1. The van der Waals surface area contributed by atoms with Gasteiger partial charge in [0.25, 0.3) is 6.33 Å². The average Bonchev–Trinajstić information content (AvgIpc) is 2.40. The molecule has 0 saturated heterocycles. The summed E-state index contributed by atoms with van der Waals surface area (Å²) < 4.78 is 15.3. The van der Waals surface area contributed by atoms with E-state index >= 15 is 0 Å². The molecule has 0 bridgehead atoms. The summed E-state index contributed by atoms with van der Waals surface area (Å²) in [5, 5.41) is 1.09. The van der Waals surface area contributed by atoms with Gasteiger partial charge in [-0.2, -0.15) is 0 Å². The van der Waals surface area contributed by atoms with Crippen LogP contribution in [0.4, 0.5) is 4.39 Å². The molecule has 3 heteroatoms. The summed E-state index contributed by atoms with van der Waals surface area (Å²) in [5.41, 5.74) is 5.16. The van der Waals surface area contributed by atoms with Crippen LogP contribution in [0.15, 0.2) is 42.7 Å². The van der Waals surface area contributed by atoms with Gasteiger partial charge in [0.1, 0.15) is 11.5 Å². The Bertz CT molecular complexity index is 809. The quantitative estimate of drug-likeness (QED) is 0.617. The number of hydrogen-bond donors (Lipinski definition) is 0. The number of hydrogen-bond acceptors (Lipinski definition) is 1. The molecule has 0 fully saturated rings. The zero-order chi connectivity index (χ0) is 14.3. The molecule has 0 radical (unpaired) electrons. The van der Waals surface area contributed by atoms with Gasteiger partial charge in [-0.3, -0.25) is 0 Å². The van der Waals surface area contributed by atoms with Crippen molar-refractivity contribution in [1.29, 1.82) is 0 Å². The first-order chi connectivity index (χ1) is 9.58. The van der Waals surface area contributed by atoms with Gasteiger partial charge in [0.15, 0.2) is 5.52 Å². The topological polar surface area (TPSA) is 16.8 Å². The van der Waals surface area contributed by atoms with Crippen molar-refractivity contribution in [2.24, 2.45) is 7.05 Å². The van der Waals surface area contributed by atoms with E-state index in [4.69, 9.17) is 0 Å². The number of nitrogens with zero attached hydrogens (tertiary/aromatic N) is 2.